The minimum Gasteiger partial charge on any atom is -0.356 e. The lowest BCUT2D eigenvalue weighted by molar-refractivity contribution is 0.208. The largest absolute Gasteiger partial charge is 0.356 e. The molecule has 0 spiro atoms. The van der Waals surface area contributed by atoms with Gasteiger partial charge in [0.25, 0.3) is 0 Å². The van der Waals surface area contributed by atoms with E-state index in [4.69, 9.17) is 27.7 Å². The molecule has 6 nitrogen and oxygen atoms in total. The Balaban J connectivity index is 1.24. The van der Waals surface area contributed by atoms with E-state index in [0.29, 0.717) is 23.6 Å². The van der Waals surface area contributed by atoms with Crippen LogP contribution in [0.5, 0.6) is 0 Å². The Morgan fingerprint density at radius 2 is 1.90 bits per heavy atom. The third-order valence-electron chi connectivity index (χ3n) is 5.58. The van der Waals surface area contributed by atoms with Crippen LogP contribution in [0.3, 0.4) is 0 Å². The Hall–Kier alpha value is -1.71. The number of rotatable bonds is 7. The van der Waals surface area contributed by atoms with Crippen molar-refractivity contribution in [3.05, 3.63) is 58.0 Å². The van der Waals surface area contributed by atoms with E-state index in [-0.39, 0.29) is 21.7 Å². The van der Waals surface area contributed by atoms with Crippen LogP contribution in [-0.4, -0.2) is 44.7 Å². The predicted molar refractivity (Wildman–Crippen MR) is 119 cm³/mol. The fraction of sp³-hybridized carbons (Fsp3) is 0.381. The van der Waals surface area contributed by atoms with Gasteiger partial charge >= 0.3 is 0 Å². The Kier molecular flexibility index (Phi) is 6.83. The fourth-order valence-electron chi connectivity index (χ4n) is 3.89. The summed E-state index contributed by atoms with van der Waals surface area (Å²) in [6.45, 7) is 2.91. The van der Waals surface area contributed by atoms with Gasteiger partial charge in [-0.25, -0.2) is 17.5 Å². The summed E-state index contributed by atoms with van der Waals surface area (Å²) in [4.78, 5) is 2.41. The number of aromatic nitrogens is 1. The molecule has 10 heteroatoms. The van der Waals surface area contributed by atoms with E-state index in [1.165, 1.54) is 30.3 Å². The number of nitrogens with one attached hydrogen (secondary N) is 1. The van der Waals surface area contributed by atoms with Crippen molar-refractivity contribution in [2.24, 2.45) is 0 Å². The number of sulfonamides is 1. The lowest BCUT2D eigenvalue weighted by Crippen LogP contribution is -2.35. The van der Waals surface area contributed by atoms with Gasteiger partial charge in [0.05, 0.1) is 20.6 Å². The molecule has 1 saturated heterocycles. The van der Waals surface area contributed by atoms with Crippen molar-refractivity contribution in [1.82, 2.24) is 14.8 Å². The van der Waals surface area contributed by atoms with Gasteiger partial charge in [-0.05, 0) is 69.2 Å². The molecule has 4 rings (SSSR count). The normalized spacial score (nSPS) is 16.2. The molecule has 0 saturated carbocycles. The molecule has 0 amide bonds. The molecule has 2 heterocycles. The summed E-state index contributed by atoms with van der Waals surface area (Å²) in [6, 6.07) is 8.76. The molecule has 1 aliphatic rings. The molecular weight excluding hydrogens is 464 g/mol. The average molecular weight is 486 g/mol. The van der Waals surface area contributed by atoms with Crippen molar-refractivity contribution < 1.29 is 17.3 Å². The zero-order valence-corrected chi connectivity index (χ0v) is 19.0. The maximum absolute atomic E-state index is 13.3. The molecule has 1 aliphatic heterocycles. The second-order valence-corrected chi connectivity index (χ2v) is 10.2. The number of benzene rings is 2. The van der Waals surface area contributed by atoms with Crippen LogP contribution in [0.2, 0.25) is 10.0 Å². The van der Waals surface area contributed by atoms with Crippen molar-refractivity contribution in [2.45, 2.75) is 30.1 Å². The van der Waals surface area contributed by atoms with E-state index >= 15 is 0 Å². The molecule has 0 bridgehead atoms. The zero-order valence-electron chi connectivity index (χ0n) is 16.7. The standard InChI is InChI=1S/C21H22Cl2FN3O3S/c22-18-5-3-16(13-19(18)23)31(28,29)25-8-1-9-27-10-6-14(7-11-27)21-17-4-2-15(24)12-20(17)30-26-21/h2-5,12-14,25H,1,6-11H2. The lowest BCUT2D eigenvalue weighted by Gasteiger charge is -2.31. The molecule has 0 radical (unpaired) electrons. The van der Waals surface area contributed by atoms with Gasteiger partial charge in [-0.1, -0.05) is 28.4 Å². The smallest absolute Gasteiger partial charge is 0.240 e. The van der Waals surface area contributed by atoms with Crippen LogP contribution in [0.25, 0.3) is 11.0 Å². The van der Waals surface area contributed by atoms with E-state index in [1.807, 2.05) is 0 Å². The van der Waals surface area contributed by atoms with Crippen molar-refractivity contribution >= 4 is 44.2 Å². The number of nitrogens with zero attached hydrogens (tertiary/aromatic N) is 2. The summed E-state index contributed by atoms with van der Waals surface area (Å²) < 4.78 is 46.0. The number of likely N-dealkylation sites (tertiary alicyclic amines) is 1. The number of fused-ring (bicyclic) bond motifs is 1. The summed E-state index contributed by atoms with van der Waals surface area (Å²) in [5, 5.41) is 5.57. The van der Waals surface area contributed by atoms with E-state index in [9.17, 15) is 12.8 Å². The van der Waals surface area contributed by atoms with Crippen LogP contribution < -0.4 is 4.72 Å². The second-order valence-electron chi connectivity index (χ2n) is 7.65. The first kappa shape index (κ1) is 22.5. The van der Waals surface area contributed by atoms with Crippen LogP contribution in [0.1, 0.15) is 30.9 Å². The molecule has 3 aromatic rings. The highest BCUT2D eigenvalue weighted by Crippen LogP contribution is 2.32. The predicted octanol–water partition coefficient (Wildman–Crippen LogP) is 4.82. The van der Waals surface area contributed by atoms with E-state index in [0.717, 1.165) is 43.6 Å². The quantitative estimate of drug-likeness (QED) is 0.485. The molecule has 0 aliphatic carbocycles. The Bertz CT molecular complexity index is 1180. The molecule has 2 aromatic carbocycles. The highest BCUT2D eigenvalue weighted by Gasteiger charge is 2.25. The molecule has 166 valence electrons. The summed E-state index contributed by atoms with van der Waals surface area (Å²) in [6.07, 6.45) is 2.54. The van der Waals surface area contributed by atoms with Crippen molar-refractivity contribution in [2.75, 3.05) is 26.2 Å². The molecule has 31 heavy (non-hydrogen) atoms. The van der Waals surface area contributed by atoms with Gasteiger partial charge < -0.3 is 9.42 Å². The summed E-state index contributed by atoms with van der Waals surface area (Å²) >= 11 is 11.8. The van der Waals surface area contributed by atoms with Gasteiger partial charge in [-0.15, -0.1) is 0 Å². The molecule has 0 atom stereocenters. The summed E-state index contributed by atoms with van der Waals surface area (Å²) in [5.74, 6) is -0.0593. The van der Waals surface area contributed by atoms with Crippen molar-refractivity contribution in [3.8, 4) is 0 Å². The van der Waals surface area contributed by atoms with E-state index in [1.54, 1.807) is 6.07 Å². The highest BCUT2D eigenvalue weighted by atomic mass is 35.5. The zero-order chi connectivity index (χ0) is 22.0. The van der Waals surface area contributed by atoms with Crippen LogP contribution in [0.4, 0.5) is 4.39 Å². The fourth-order valence-corrected chi connectivity index (χ4v) is 5.35. The number of hydrogen-bond acceptors (Lipinski definition) is 5. The summed E-state index contributed by atoms with van der Waals surface area (Å²) in [5.41, 5.74) is 1.37. The lowest BCUT2D eigenvalue weighted by atomic mass is 9.91. The SMILES string of the molecule is O=S(=O)(NCCCN1CCC(c2noc3cc(F)ccc23)CC1)c1ccc(Cl)c(Cl)c1. The first-order chi connectivity index (χ1) is 14.8. The van der Waals surface area contributed by atoms with Crippen LogP contribution in [0.15, 0.2) is 45.8 Å². The monoisotopic (exact) mass is 485 g/mol. The molecular formula is C21H22Cl2FN3O3S. The van der Waals surface area contributed by atoms with Gasteiger partial charge in [0.2, 0.25) is 10.0 Å². The van der Waals surface area contributed by atoms with Gasteiger partial charge in [0, 0.05) is 23.9 Å². The molecule has 1 aromatic heterocycles. The minimum absolute atomic E-state index is 0.0995. The number of piperidine rings is 1. The second kappa shape index (κ2) is 9.42. The average Bonchev–Trinajstić information content (AvgIpc) is 3.16. The maximum atomic E-state index is 13.3. The third-order valence-corrected chi connectivity index (χ3v) is 7.78. The maximum Gasteiger partial charge on any atom is 0.240 e. The van der Waals surface area contributed by atoms with Gasteiger partial charge in [0.15, 0.2) is 5.58 Å². The van der Waals surface area contributed by atoms with E-state index < -0.39 is 10.0 Å². The number of hydrogen-bond donors (Lipinski definition) is 1. The highest BCUT2D eigenvalue weighted by molar-refractivity contribution is 7.89. The Morgan fingerprint density at radius 1 is 1.13 bits per heavy atom. The van der Waals surface area contributed by atoms with Crippen molar-refractivity contribution in [1.29, 1.82) is 0 Å². The Labute approximate surface area is 190 Å². The van der Waals surface area contributed by atoms with Crippen LogP contribution >= 0.6 is 23.2 Å². The molecule has 0 unspecified atom stereocenters. The van der Waals surface area contributed by atoms with Gasteiger partial charge in [-0.3, -0.25) is 0 Å². The van der Waals surface area contributed by atoms with Crippen LogP contribution in [0, 0.1) is 5.82 Å². The summed E-state index contributed by atoms with van der Waals surface area (Å²) in [7, 11) is -3.62. The van der Waals surface area contributed by atoms with Crippen LogP contribution in [-0.2, 0) is 10.0 Å². The van der Waals surface area contributed by atoms with Crippen molar-refractivity contribution in [3.63, 3.8) is 0 Å². The van der Waals surface area contributed by atoms with Gasteiger partial charge in [-0.2, -0.15) is 0 Å². The first-order valence-electron chi connectivity index (χ1n) is 10.1. The first-order valence-corrected chi connectivity index (χ1v) is 12.3. The molecule has 1 N–H and O–H groups in total. The van der Waals surface area contributed by atoms with E-state index in [2.05, 4.69) is 14.8 Å². The minimum atomic E-state index is -3.62. The van der Waals surface area contributed by atoms with Gasteiger partial charge in [0.1, 0.15) is 5.82 Å². The molecule has 1 fully saturated rings. The number of halogens is 3. The topological polar surface area (TPSA) is 75.4 Å². The third kappa shape index (κ3) is 5.21. The Morgan fingerprint density at radius 3 is 2.65 bits per heavy atom.